The first-order valence-electron chi connectivity index (χ1n) is 7.60. The number of nitrogens with two attached hydrogens (primary N) is 1. The smallest absolute Gasteiger partial charge is 0.0437 e. The number of rotatable bonds is 4. The van der Waals surface area contributed by atoms with Gasteiger partial charge in [-0.15, -0.1) is 0 Å². The van der Waals surface area contributed by atoms with Gasteiger partial charge >= 0.3 is 0 Å². The Bertz CT molecular complexity index is 600. The predicted octanol–water partition coefficient (Wildman–Crippen LogP) is 4.20. The van der Waals surface area contributed by atoms with Crippen LogP contribution in [0.2, 0.25) is 0 Å². The van der Waals surface area contributed by atoms with E-state index in [1.165, 1.54) is 32.1 Å². The van der Waals surface area contributed by atoms with Gasteiger partial charge in [0, 0.05) is 41.1 Å². The van der Waals surface area contributed by atoms with Crippen LogP contribution in [0, 0.1) is 5.41 Å². The Hall–Kier alpha value is -1.77. The van der Waals surface area contributed by atoms with Crippen molar-refractivity contribution >= 4 is 22.1 Å². The van der Waals surface area contributed by atoms with E-state index in [0.29, 0.717) is 5.41 Å². The highest BCUT2D eigenvalue weighted by Crippen LogP contribution is 2.41. The number of anilines is 2. The minimum absolute atomic E-state index is 0.482. The number of nitrogen functional groups attached to an aromatic ring is 1. The third-order valence-electron chi connectivity index (χ3n) is 4.92. The number of nitrogens with one attached hydrogen (secondary N) is 1. The lowest BCUT2D eigenvalue weighted by atomic mass is 9.83. The summed E-state index contributed by atoms with van der Waals surface area (Å²) in [6.45, 7) is 3.37. The molecular weight excluding hydrogens is 246 g/mol. The highest BCUT2D eigenvalue weighted by molar-refractivity contribution is 6.00. The molecule has 0 unspecified atom stereocenters. The Kier molecular flexibility index (Phi) is 3.51. The molecule has 2 aromatic rings. The van der Waals surface area contributed by atoms with Crippen molar-refractivity contribution in [2.75, 3.05) is 17.6 Å². The second-order valence-electron chi connectivity index (χ2n) is 6.04. The van der Waals surface area contributed by atoms with Gasteiger partial charge in [0.25, 0.3) is 0 Å². The summed E-state index contributed by atoms with van der Waals surface area (Å²) in [5.41, 5.74) is 8.50. The largest absolute Gasteiger partial charge is 0.398 e. The molecule has 1 saturated carbocycles. The number of pyridine rings is 1. The molecule has 0 amide bonds. The standard InChI is InChI=1S/C17H23N3/c1-2-17(8-3-4-9-17)12-20-16-6-5-15(18)13-7-10-19-11-14(13)16/h5-7,10-11,20H,2-4,8-9,12,18H2,1H3. The summed E-state index contributed by atoms with van der Waals surface area (Å²) in [4.78, 5) is 4.24. The fourth-order valence-electron chi connectivity index (χ4n) is 3.43. The Morgan fingerprint density at radius 2 is 2.00 bits per heavy atom. The molecule has 1 heterocycles. The zero-order valence-corrected chi connectivity index (χ0v) is 12.2. The van der Waals surface area contributed by atoms with Gasteiger partial charge in [-0.3, -0.25) is 4.98 Å². The van der Waals surface area contributed by atoms with Crippen molar-refractivity contribution in [2.24, 2.45) is 5.41 Å². The summed E-state index contributed by atoms with van der Waals surface area (Å²) in [5, 5.41) is 5.86. The SMILES string of the molecule is CCC1(CNc2ccc(N)c3ccncc23)CCCC1. The van der Waals surface area contributed by atoms with E-state index in [1.54, 1.807) is 6.20 Å². The molecule has 0 spiro atoms. The van der Waals surface area contributed by atoms with Crippen LogP contribution in [0.1, 0.15) is 39.0 Å². The first-order valence-corrected chi connectivity index (χ1v) is 7.60. The number of fused-ring (bicyclic) bond motifs is 1. The molecule has 0 bridgehead atoms. The van der Waals surface area contributed by atoms with Crippen LogP contribution in [0.25, 0.3) is 10.8 Å². The van der Waals surface area contributed by atoms with Crippen molar-refractivity contribution < 1.29 is 0 Å². The van der Waals surface area contributed by atoms with E-state index in [-0.39, 0.29) is 0 Å². The molecular formula is C17H23N3. The summed E-state index contributed by atoms with van der Waals surface area (Å²) >= 11 is 0. The van der Waals surface area contributed by atoms with Crippen molar-refractivity contribution in [1.82, 2.24) is 4.98 Å². The van der Waals surface area contributed by atoms with Crippen LogP contribution in [-0.2, 0) is 0 Å². The summed E-state index contributed by atoms with van der Waals surface area (Å²) in [6, 6.07) is 6.05. The highest BCUT2D eigenvalue weighted by Gasteiger charge is 2.31. The molecule has 1 aromatic heterocycles. The summed E-state index contributed by atoms with van der Waals surface area (Å²) in [7, 11) is 0. The van der Waals surface area contributed by atoms with Crippen LogP contribution >= 0.6 is 0 Å². The van der Waals surface area contributed by atoms with Gasteiger partial charge in [0.15, 0.2) is 0 Å². The lowest BCUT2D eigenvalue weighted by molar-refractivity contribution is 0.307. The van der Waals surface area contributed by atoms with E-state index >= 15 is 0 Å². The maximum Gasteiger partial charge on any atom is 0.0437 e. The Morgan fingerprint density at radius 1 is 1.20 bits per heavy atom. The first kappa shape index (κ1) is 13.2. The number of benzene rings is 1. The Morgan fingerprint density at radius 3 is 2.75 bits per heavy atom. The third-order valence-corrected chi connectivity index (χ3v) is 4.92. The van der Waals surface area contributed by atoms with Crippen molar-refractivity contribution in [1.29, 1.82) is 0 Å². The van der Waals surface area contributed by atoms with Crippen LogP contribution in [0.3, 0.4) is 0 Å². The van der Waals surface area contributed by atoms with E-state index in [0.717, 1.165) is 28.7 Å². The van der Waals surface area contributed by atoms with E-state index in [1.807, 2.05) is 18.3 Å². The van der Waals surface area contributed by atoms with E-state index < -0.39 is 0 Å². The van der Waals surface area contributed by atoms with Gasteiger partial charge in [-0.25, -0.2) is 0 Å². The zero-order valence-electron chi connectivity index (χ0n) is 12.2. The second kappa shape index (κ2) is 5.31. The number of hydrogen-bond donors (Lipinski definition) is 2. The van der Waals surface area contributed by atoms with Gasteiger partial charge in [-0.1, -0.05) is 19.8 Å². The minimum atomic E-state index is 0.482. The predicted molar refractivity (Wildman–Crippen MR) is 85.8 cm³/mol. The molecule has 0 aliphatic heterocycles. The molecule has 3 heteroatoms. The fraction of sp³-hybridized carbons (Fsp3) is 0.471. The lowest BCUT2D eigenvalue weighted by Gasteiger charge is -2.28. The molecule has 3 N–H and O–H groups in total. The van der Waals surface area contributed by atoms with E-state index in [2.05, 4.69) is 23.3 Å². The average molecular weight is 269 g/mol. The molecule has 1 aliphatic carbocycles. The van der Waals surface area contributed by atoms with E-state index in [4.69, 9.17) is 5.73 Å². The quantitative estimate of drug-likeness (QED) is 0.818. The van der Waals surface area contributed by atoms with Gasteiger partial charge in [-0.2, -0.15) is 0 Å². The minimum Gasteiger partial charge on any atom is -0.398 e. The molecule has 0 radical (unpaired) electrons. The molecule has 0 saturated heterocycles. The Balaban J connectivity index is 1.86. The lowest BCUT2D eigenvalue weighted by Crippen LogP contribution is -2.25. The van der Waals surface area contributed by atoms with Gasteiger partial charge in [0.1, 0.15) is 0 Å². The second-order valence-corrected chi connectivity index (χ2v) is 6.04. The Labute approximate surface area is 120 Å². The third kappa shape index (κ3) is 2.33. The zero-order chi connectivity index (χ0) is 14.0. The van der Waals surface area contributed by atoms with Crippen molar-refractivity contribution in [2.45, 2.75) is 39.0 Å². The van der Waals surface area contributed by atoms with Gasteiger partial charge in [-0.05, 0) is 42.9 Å². The first-order chi connectivity index (χ1) is 9.74. The number of nitrogens with zero attached hydrogens (tertiary/aromatic N) is 1. The highest BCUT2D eigenvalue weighted by atomic mass is 14.9. The molecule has 1 aromatic carbocycles. The summed E-state index contributed by atoms with van der Waals surface area (Å²) < 4.78 is 0. The van der Waals surface area contributed by atoms with Gasteiger partial charge in [0.05, 0.1) is 0 Å². The molecule has 0 atom stereocenters. The maximum atomic E-state index is 6.04. The van der Waals surface area contributed by atoms with Crippen LogP contribution in [-0.4, -0.2) is 11.5 Å². The molecule has 106 valence electrons. The van der Waals surface area contributed by atoms with Crippen molar-refractivity contribution in [3.8, 4) is 0 Å². The molecule has 1 aliphatic rings. The summed E-state index contributed by atoms with van der Waals surface area (Å²) in [5.74, 6) is 0. The van der Waals surface area contributed by atoms with Gasteiger partial charge < -0.3 is 11.1 Å². The molecule has 1 fully saturated rings. The van der Waals surface area contributed by atoms with Crippen LogP contribution in [0.5, 0.6) is 0 Å². The summed E-state index contributed by atoms with van der Waals surface area (Å²) in [6.07, 6.45) is 10.4. The van der Waals surface area contributed by atoms with E-state index in [9.17, 15) is 0 Å². The topological polar surface area (TPSA) is 50.9 Å². The number of hydrogen-bond acceptors (Lipinski definition) is 3. The van der Waals surface area contributed by atoms with Crippen molar-refractivity contribution in [3.63, 3.8) is 0 Å². The molecule has 3 nitrogen and oxygen atoms in total. The number of aromatic nitrogens is 1. The van der Waals surface area contributed by atoms with Crippen LogP contribution < -0.4 is 11.1 Å². The molecule has 20 heavy (non-hydrogen) atoms. The normalized spacial score (nSPS) is 17.4. The maximum absolute atomic E-state index is 6.04. The van der Waals surface area contributed by atoms with Crippen LogP contribution in [0.15, 0.2) is 30.6 Å². The average Bonchev–Trinajstić information content (AvgIpc) is 2.96. The molecule has 3 rings (SSSR count). The van der Waals surface area contributed by atoms with Crippen LogP contribution in [0.4, 0.5) is 11.4 Å². The fourth-order valence-corrected chi connectivity index (χ4v) is 3.43. The van der Waals surface area contributed by atoms with Crippen molar-refractivity contribution in [3.05, 3.63) is 30.6 Å². The van der Waals surface area contributed by atoms with Gasteiger partial charge in [0.2, 0.25) is 0 Å². The monoisotopic (exact) mass is 269 g/mol.